The van der Waals surface area contributed by atoms with E-state index in [-0.39, 0.29) is 36.9 Å². The summed E-state index contributed by atoms with van der Waals surface area (Å²) in [5, 5.41) is 40.4. The molecule has 22 nitrogen and oxygen atoms in total. The number of unbranched alkanes of at least 4 members (excludes halogenated alkanes) is 1. The smallest absolute Gasteiger partial charge is 0.326 e. The predicted octanol–water partition coefficient (Wildman–Crippen LogP) is -1.55. The molecule has 0 bridgehead atoms. The number of amides is 8. The third-order valence-electron chi connectivity index (χ3n) is 11.5. The minimum atomic E-state index is -1.60. The lowest BCUT2D eigenvalue weighted by molar-refractivity contribution is -0.144. The summed E-state index contributed by atoms with van der Waals surface area (Å²) >= 11 is 4.14. The maximum absolute atomic E-state index is 13.6. The van der Waals surface area contributed by atoms with Gasteiger partial charge < -0.3 is 69.2 Å². The van der Waals surface area contributed by atoms with E-state index in [2.05, 4.69) is 60.1 Å². The molecule has 2 aromatic rings. The lowest BCUT2D eigenvalue weighted by Gasteiger charge is -2.27. The number of thiol groups is 1. The van der Waals surface area contributed by atoms with Gasteiger partial charge in [-0.1, -0.05) is 72.6 Å². The number of nitrogens with two attached hydrogens (primary N) is 2. The molecule has 1 heterocycles. The average molecular weight is 976 g/mol. The summed E-state index contributed by atoms with van der Waals surface area (Å²) in [4.78, 5) is 121. The second kappa shape index (κ2) is 29.9. The van der Waals surface area contributed by atoms with Crippen LogP contribution in [0.4, 0.5) is 0 Å². The van der Waals surface area contributed by atoms with Crippen molar-refractivity contribution in [2.45, 2.75) is 129 Å². The highest BCUT2D eigenvalue weighted by atomic mass is 32.1. The van der Waals surface area contributed by atoms with Crippen molar-refractivity contribution in [2.24, 2.45) is 29.2 Å². The number of aliphatic hydroxyl groups is 1. The van der Waals surface area contributed by atoms with E-state index in [0.29, 0.717) is 32.2 Å². The van der Waals surface area contributed by atoms with Crippen molar-refractivity contribution in [1.82, 2.24) is 47.5 Å². The summed E-state index contributed by atoms with van der Waals surface area (Å²) in [5.74, 6) is -8.40. The summed E-state index contributed by atoms with van der Waals surface area (Å²) in [6, 6.07) is -1.10. The van der Waals surface area contributed by atoms with Crippen molar-refractivity contribution in [3.8, 4) is 0 Å². The number of nitrogens with one attached hydrogen (secondary N) is 9. The van der Waals surface area contributed by atoms with Crippen LogP contribution in [0.2, 0.25) is 0 Å². The Kier molecular flexibility index (Phi) is 25.6. The molecule has 1 aromatic heterocycles. The van der Waals surface area contributed by atoms with E-state index in [1.54, 1.807) is 20.0 Å². The van der Waals surface area contributed by atoms with E-state index in [4.69, 9.17) is 11.5 Å². The molecule has 9 atom stereocenters. The molecule has 380 valence electrons. The molecule has 0 saturated carbocycles. The predicted molar refractivity (Wildman–Crippen MR) is 257 cm³/mol. The van der Waals surface area contributed by atoms with Gasteiger partial charge in [0.1, 0.15) is 36.3 Å². The topological polar surface area (TPSA) is 358 Å². The van der Waals surface area contributed by atoms with Gasteiger partial charge in [-0.25, -0.2) is 4.79 Å². The van der Waals surface area contributed by atoms with Crippen molar-refractivity contribution in [2.75, 3.05) is 32.0 Å². The fourth-order valence-electron chi connectivity index (χ4n) is 6.92. The Bertz CT molecular complexity index is 2020. The lowest BCUT2D eigenvalue weighted by atomic mass is 9.97. The molecule has 15 N–H and O–H groups in total. The van der Waals surface area contributed by atoms with Crippen LogP contribution >= 0.6 is 12.6 Å². The minimum Gasteiger partial charge on any atom is -0.480 e. The number of fused-ring (bicyclic) bond motifs is 1. The fraction of sp³-hybridized carbons (Fsp3) is 0.622. The molecule has 23 heteroatoms. The second-order valence-electron chi connectivity index (χ2n) is 17.3. The Morgan fingerprint density at radius 3 is 1.78 bits per heavy atom. The molecule has 0 saturated heterocycles. The Labute approximate surface area is 402 Å². The van der Waals surface area contributed by atoms with Crippen LogP contribution < -0.4 is 54.0 Å². The van der Waals surface area contributed by atoms with Crippen molar-refractivity contribution >= 4 is 76.8 Å². The first kappa shape index (κ1) is 58.3. The first-order valence-corrected chi connectivity index (χ1v) is 23.6. The van der Waals surface area contributed by atoms with Crippen LogP contribution in [-0.4, -0.2) is 143 Å². The number of hydrogen-bond acceptors (Lipinski definition) is 13. The number of H-pyrrole nitrogens is 1. The standard InChI is InChI=1S/C45H73N11O11S/c1-7-25(5)37(47)44(65)54-32(18-27-19-48-29-14-10-9-13-28(27)29)39(60)49-21-36(59)52-34(23-68)43(64)55-33(22-57)40(61)50-20-35(58)51-30(15-11-12-16-46)41(62)53-31(17-24(3)4)42(63)56-38(45(66)67)26(6)8-2/h9-10,13-14,19,24-26,30-34,37-38,48,57,68H,7-8,11-12,15-18,20-23,46-47H2,1-6H3,(H,49,60)(H,50,61)(H,51,58)(H,52,59)(H,53,62)(H,54,65)(H,55,64)(H,56,63)(H,66,67)/t25-,26-,30-,31-,32-,33-,34-,37-,38-/m0/s1. The number of aromatic nitrogens is 1. The van der Waals surface area contributed by atoms with E-state index < -0.39 is 121 Å². The van der Waals surface area contributed by atoms with Gasteiger partial charge in [0.05, 0.1) is 25.7 Å². The summed E-state index contributed by atoms with van der Waals surface area (Å²) < 4.78 is 0. The Morgan fingerprint density at radius 2 is 1.22 bits per heavy atom. The van der Waals surface area contributed by atoms with Crippen LogP contribution in [0.1, 0.15) is 85.6 Å². The summed E-state index contributed by atoms with van der Waals surface area (Å²) in [7, 11) is 0. The highest BCUT2D eigenvalue weighted by Gasteiger charge is 2.33. The molecule has 0 radical (unpaired) electrons. The highest BCUT2D eigenvalue weighted by Crippen LogP contribution is 2.20. The van der Waals surface area contributed by atoms with Gasteiger partial charge in [0.15, 0.2) is 0 Å². The van der Waals surface area contributed by atoms with Crippen LogP contribution in [0.3, 0.4) is 0 Å². The van der Waals surface area contributed by atoms with E-state index in [9.17, 15) is 53.4 Å². The quantitative estimate of drug-likeness (QED) is 0.0301. The molecule has 0 unspecified atom stereocenters. The Hall–Kier alpha value is -5.78. The second-order valence-corrected chi connectivity index (χ2v) is 17.7. The summed E-state index contributed by atoms with van der Waals surface area (Å²) in [6.45, 7) is 8.85. The number of carbonyl (C=O) groups is 9. The first-order valence-electron chi connectivity index (χ1n) is 23.0. The lowest BCUT2D eigenvalue weighted by Crippen LogP contribution is -2.58. The van der Waals surface area contributed by atoms with E-state index in [1.807, 2.05) is 52.0 Å². The largest absolute Gasteiger partial charge is 0.480 e. The normalized spacial score (nSPS) is 15.2. The van der Waals surface area contributed by atoms with Crippen LogP contribution in [0.25, 0.3) is 10.9 Å². The number of para-hydroxylation sites is 1. The van der Waals surface area contributed by atoms with E-state index in [1.165, 1.54) is 0 Å². The van der Waals surface area contributed by atoms with Gasteiger partial charge in [0, 0.05) is 29.3 Å². The van der Waals surface area contributed by atoms with Crippen LogP contribution in [0.15, 0.2) is 30.5 Å². The van der Waals surface area contributed by atoms with Crippen LogP contribution in [0.5, 0.6) is 0 Å². The number of rotatable bonds is 31. The fourth-order valence-corrected chi connectivity index (χ4v) is 7.17. The van der Waals surface area contributed by atoms with E-state index >= 15 is 0 Å². The molecule has 2 rings (SSSR count). The summed E-state index contributed by atoms with van der Waals surface area (Å²) in [6.07, 6.45) is 4.05. The van der Waals surface area contributed by atoms with Gasteiger partial charge in [-0.15, -0.1) is 0 Å². The number of hydrogen-bond donors (Lipinski definition) is 14. The van der Waals surface area contributed by atoms with Gasteiger partial charge in [0.2, 0.25) is 47.3 Å². The molecule has 0 aliphatic heterocycles. The zero-order valence-corrected chi connectivity index (χ0v) is 40.7. The van der Waals surface area contributed by atoms with Crippen LogP contribution in [0, 0.1) is 17.8 Å². The molecular weight excluding hydrogens is 903 g/mol. The summed E-state index contributed by atoms with van der Waals surface area (Å²) in [5.41, 5.74) is 13.3. The monoisotopic (exact) mass is 976 g/mol. The van der Waals surface area contributed by atoms with Crippen molar-refractivity contribution in [1.29, 1.82) is 0 Å². The molecule has 0 aliphatic rings. The molecule has 0 fully saturated rings. The number of aliphatic hydroxyl groups excluding tert-OH is 1. The number of carboxylic acid groups (broad SMARTS) is 1. The Balaban J connectivity index is 2.05. The maximum Gasteiger partial charge on any atom is 0.326 e. The van der Waals surface area contributed by atoms with Crippen molar-refractivity contribution < 1.29 is 53.4 Å². The van der Waals surface area contributed by atoms with E-state index in [0.717, 1.165) is 16.5 Å². The number of aromatic amines is 1. The molecule has 1 aromatic carbocycles. The molecule has 68 heavy (non-hydrogen) atoms. The van der Waals surface area contributed by atoms with Crippen molar-refractivity contribution in [3.05, 3.63) is 36.0 Å². The molecular formula is C45H73N11O11S. The van der Waals surface area contributed by atoms with Gasteiger partial charge in [-0.3, -0.25) is 38.4 Å². The molecule has 0 spiro atoms. The third kappa shape index (κ3) is 19.1. The maximum atomic E-state index is 13.6. The molecule has 0 aliphatic carbocycles. The number of benzene rings is 1. The van der Waals surface area contributed by atoms with Crippen molar-refractivity contribution in [3.63, 3.8) is 0 Å². The van der Waals surface area contributed by atoms with Gasteiger partial charge in [-0.2, -0.15) is 12.6 Å². The van der Waals surface area contributed by atoms with Gasteiger partial charge in [0.25, 0.3) is 0 Å². The third-order valence-corrected chi connectivity index (χ3v) is 11.9. The van der Waals surface area contributed by atoms with Crippen LogP contribution in [-0.2, 0) is 49.6 Å². The van der Waals surface area contributed by atoms with Gasteiger partial charge in [-0.05, 0) is 61.6 Å². The zero-order valence-electron chi connectivity index (χ0n) is 39.8. The Morgan fingerprint density at radius 1 is 0.676 bits per heavy atom. The molecule has 8 amide bonds. The van der Waals surface area contributed by atoms with Gasteiger partial charge >= 0.3 is 5.97 Å². The number of carbonyl (C=O) groups excluding carboxylic acids is 8. The number of aliphatic carboxylic acids is 1. The minimum absolute atomic E-state index is 0.0602. The average Bonchev–Trinajstić information content (AvgIpc) is 3.72. The number of carboxylic acids is 1. The first-order chi connectivity index (χ1) is 32.2. The highest BCUT2D eigenvalue weighted by molar-refractivity contribution is 7.80. The SMILES string of the molecule is CC[C@H](C)[C@H](N)C(=O)N[C@@H](Cc1c[nH]c2ccccc12)C(=O)NCC(=O)N[C@@H](CS)C(=O)N[C@@H](CO)C(=O)NCC(=O)N[C@@H](CCCCN)C(=O)N[C@@H](CC(C)C)C(=O)N[C@H](C(=O)O)[C@@H](C)CC. The zero-order chi connectivity index (χ0) is 51.1.